The van der Waals surface area contributed by atoms with E-state index in [1.807, 2.05) is 0 Å². The number of esters is 1. The van der Waals surface area contributed by atoms with Crippen LogP contribution in [0.25, 0.3) is 0 Å². The van der Waals surface area contributed by atoms with Crippen molar-refractivity contribution in [2.75, 3.05) is 32.8 Å². The first-order chi connectivity index (χ1) is 11.6. The standard InChI is InChI=1S/C17H21FN2O4.ClH/c1-2-23-16(21)10-20-6-5-13-7-14(3-4-15(13)17(20)22)24-11-12(8-18)9-19;/h3-4,7-8H,2,5-6,9-11,19H2,1H3;1H/b12-8-;. The second kappa shape index (κ2) is 10.0. The van der Waals surface area contributed by atoms with Crippen LogP contribution in [-0.2, 0) is 16.0 Å². The molecule has 8 heteroatoms. The number of rotatable bonds is 7. The Morgan fingerprint density at radius 3 is 2.84 bits per heavy atom. The van der Waals surface area contributed by atoms with Crippen molar-refractivity contribution in [3.8, 4) is 5.75 Å². The lowest BCUT2D eigenvalue weighted by Crippen LogP contribution is -2.41. The number of benzene rings is 1. The molecule has 1 aromatic rings. The summed E-state index contributed by atoms with van der Waals surface area (Å²) < 4.78 is 22.8. The molecule has 0 saturated carbocycles. The fourth-order valence-corrected chi connectivity index (χ4v) is 2.43. The van der Waals surface area contributed by atoms with Gasteiger partial charge in [0.05, 0.1) is 12.9 Å². The van der Waals surface area contributed by atoms with Crippen LogP contribution in [0.3, 0.4) is 0 Å². The molecule has 1 aliphatic rings. The molecule has 2 rings (SSSR count). The molecule has 0 radical (unpaired) electrons. The first-order valence-corrected chi connectivity index (χ1v) is 7.77. The van der Waals surface area contributed by atoms with E-state index in [-0.39, 0.29) is 44.6 Å². The summed E-state index contributed by atoms with van der Waals surface area (Å²) in [4.78, 5) is 25.4. The highest BCUT2D eigenvalue weighted by Crippen LogP contribution is 2.24. The number of hydrogen-bond donors (Lipinski definition) is 1. The summed E-state index contributed by atoms with van der Waals surface area (Å²) in [6, 6.07) is 5.07. The molecule has 0 spiro atoms. The van der Waals surface area contributed by atoms with Crippen LogP contribution in [0.2, 0.25) is 0 Å². The van der Waals surface area contributed by atoms with E-state index in [2.05, 4.69) is 0 Å². The molecule has 1 aliphatic heterocycles. The Bertz CT molecular complexity index is 652. The van der Waals surface area contributed by atoms with Gasteiger partial charge in [-0.15, -0.1) is 12.4 Å². The van der Waals surface area contributed by atoms with Gasteiger partial charge in [0.15, 0.2) is 0 Å². The maximum atomic E-state index is 12.5. The van der Waals surface area contributed by atoms with Crippen molar-refractivity contribution in [3.63, 3.8) is 0 Å². The molecule has 138 valence electrons. The second-order valence-corrected chi connectivity index (χ2v) is 5.36. The molecule has 0 aliphatic carbocycles. The first kappa shape index (κ1) is 20.9. The van der Waals surface area contributed by atoms with Crippen molar-refractivity contribution in [1.82, 2.24) is 4.90 Å². The highest BCUT2D eigenvalue weighted by atomic mass is 35.5. The lowest BCUT2D eigenvalue weighted by atomic mass is 9.98. The smallest absolute Gasteiger partial charge is 0.325 e. The van der Waals surface area contributed by atoms with Crippen LogP contribution in [0.15, 0.2) is 30.1 Å². The molecule has 1 aromatic carbocycles. The van der Waals surface area contributed by atoms with Crippen molar-refractivity contribution < 1.29 is 23.5 Å². The van der Waals surface area contributed by atoms with E-state index in [4.69, 9.17) is 15.2 Å². The molecule has 0 atom stereocenters. The third kappa shape index (κ3) is 5.44. The van der Waals surface area contributed by atoms with Crippen molar-refractivity contribution in [2.24, 2.45) is 5.73 Å². The number of hydrogen-bond acceptors (Lipinski definition) is 5. The lowest BCUT2D eigenvalue weighted by Gasteiger charge is -2.28. The molecule has 1 heterocycles. The lowest BCUT2D eigenvalue weighted by molar-refractivity contribution is -0.143. The Labute approximate surface area is 152 Å². The Kier molecular flexibility index (Phi) is 8.37. The summed E-state index contributed by atoms with van der Waals surface area (Å²) in [7, 11) is 0. The Hall–Kier alpha value is -2.12. The molecule has 0 saturated heterocycles. The van der Waals surface area contributed by atoms with Gasteiger partial charge in [0.2, 0.25) is 0 Å². The maximum absolute atomic E-state index is 12.5. The van der Waals surface area contributed by atoms with Crippen LogP contribution in [0, 0.1) is 0 Å². The van der Waals surface area contributed by atoms with Gasteiger partial charge >= 0.3 is 5.97 Å². The summed E-state index contributed by atoms with van der Waals surface area (Å²) >= 11 is 0. The summed E-state index contributed by atoms with van der Waals surface area (Å²) in [6.45, 7) is 2.55. The van der Waals surface area contributed by atoms with Gasteiger partial charge in [-0.25, -0.2) is 4.39 Å². The predicted octanol–water partition coefficient (Wildman–Crippen LogP) is 1.86. The number of ether oxygens (including phenoxy) is 2. The topological polar surface area (TPSA) is 81.9 Å². The zero-order chi connectivity index (χ0) is 17.5. The molecule has 0 bridgehead atoms. The number of nitrogens with two attached hydrogens (primary N) is 1. The normalized spacial score (nSPS) is 13.8. The minimum Gasteiger partial charge on any atom is -0.489 e. The van der Waals surface area contributed by atoms with E-state index in [9.17, 15) is 14.0 Å². The second-order valence-electron chi connectivity index (χ2n) is 5.36. The average molecular weight is 373 g/mol. The highest BCUT2D eigenvalue weighted by Gasteiger charge is 2.26. The number of halogens is 2. The quantitative estimate of drug-likeness (QED) is 0.739. The third-order valence-electron chi connectivity index (χ3n) is 3.71. The maximum Gasteiger partial charge on any atom is 0.325 e. The minimum atomic E-state index is -0.415. The van der Waals surface area contributed by atoms with Gasteiger partial charge in [-0.3, -0.25) is 9.59 Å². The van der Waals surface area contributed by atoms with Crippen LogP contribution in [0.1, 0.15) is 22.8 Å². The van der Waals surface area contributed by atoms with E-state index in [0.717, 1.165) is 5.56 Å². The fraction of sp³-hybridized carbons (Fsp3) is 0.412. The number of amides is 1. The molecule has 6 nitrogen and oxygen atoms in total. The molecule has 25 heavy (non-hydrogen) atoms. The molecular weight excluding hydrogens is 351 g/mol. The third-order valence-corrected chi connectivity index (χ3v) is 3.71. The van der Waals surface area contributed by atoms with E-state index in [1.54, 1.807) is 25.1 Å². The van der Waals surface area contributed by atoms with Gasteiger partial charge in [0.25, 0.3) is 5.91 Å². The first-order valence-electron chi connectivity index (χ1n) is 7.77. The number of nitrogens with zero attached hydrogens (tertiary/aromatic N) is 1. The van der Waals surface area contributed by atoms with Gasteiger partial charge in [0, 0.05) is 24.2 Å². The van der Waals surface area contributed by atoms with Crippen LogP contribution >= 0.6 is 12.4 Å². The Balaban J connectivity index is 0.00000312. The van der Waals surface area contributed by atoms with Gasteiger partial charge in [-0.1, -0.05) is 0 Å². The van der Waals surface area contributed by atoms with Gasteiger partial charge in [-0.2, -0.15) is 0 Å². The molecule has 0 fully saturated rings. The van der Waals surface area contributed by atoms with Crippen LogP contribution in [0.4, 0.5) is 4.39 Å². The summed E-state index contributed by atoms with van der Waals surface area (Å²) in [5.41, 5.74) is 7.11. The Morgan fingerprint density at radius 1 is 1.44 bits per heavy atom. The van der Waals surface area contributed by atoms with Crippen LogP contribution in [0.5, 0.6) is 5.75 Å². The average Bonchev–Trinajstić information content (AvgIpc) is 2.58. The zero-order valence-electron chi connectivity index (χ0n) is 14.0. The summed E-state index contributed by atoms with van der Waals surface area (Å²) in [5, 5.41) is 0. The SMILES string of the molecule is CCOC(=O)CN1CCc2cc(OC/C(=C\F)CN)ccc2C1=O.Cl. The van der Waals surface area contributed by atoms with E-state index in [0.29, 0.717) is 36.2 Å². The predicted molar refractivity (Wildman–Crippen MR) is 93.7 cm³/mol. The van der Waals surface area contributed by atoms with E-state index < -0.39 is 5.97 Å². The van der Waals surface area contributed by atoms with E-state index >= 15 is 0 Å². The van der Waals surface area contributed by atoms with Crippen LogP contribution in [-0.4, -0.2) is 49.6 Å². The van der Waals surface area contributed by atoms with Gasteiger partial charge in [-0.05, 0) is 37.1 Å². The zero-order valence-corrected chi connectivity index (χ0v) is 14.8. The summed E-state index contributed by atoms with van der Waals surface area (Å²) in [6.07, 6.45) is 1.05. The minimum absolute atomic E-state index is 0. The van der Waals surface area contributed by atoms with E-state index in [1.165, 1.54) is 4.90 Å². The highest BCUT2D eigenvalue weighted by molar-refractivity contribution is 5.98. The number of fused-ring (bicyclic) bond motifs is 1. The Morgan fingerprint density at radius 2 is 2.20 bits per heavy atom. The molecule has 0 unspecified atom stereocenters. The van der Waals surface area contributed by atoms with Crippen molar-refractivity contribution in [2.45, 2.75) is 13.3 Å². The monoisotopic (exact) mass is 372 g/mol. The van der Waals surface area contributed by atoms with Gasteiger partial charge in [0.1, 0.15) is 18.9 Å². The van der Waals surface area contributed by atoms with Crippen molar-refractivity contribution in [3.05, 3.63) is 41.2 Å². The largest absolute Gasteiger partial charge is 0.489 e. The fourth-order valence-electron chi connectivity index (χ4n) is 2.43. The molecular formula is C17H22ClFN2O4. The molecule has 2 N–H and O–H groups in total. The van der Waals surface area contributed by atoms with Crippen LogP contribution < -0.4 is 10.5 Å². The summed E-state index contributed by atoms with van der Waals surface area (Å²) in [5.74, 6) is -0.0723. The number of carbonyl (C=O) groups excluding carboxylic acids is 2. The number of carbonyl (C=O) groups is 2. The van der Waals surface area contributed by atoms with Gasteiger partial charge < -0.3 is 20.1 Å². The van der Waals surface area contributed by atoms with Crippen molar-refractivity contribution in [1.29, 1.82) is 0 Å². The molecule has 0 aromatic heterocycles. The van der Waals surface area contributed by atoms with Crippen molar-refractivity contribution >= 4 is 24.3 Å². The molecule has 1 amide bonds.